The summed E-state index contributed by atoms with van der Waals surface area (Å²) in [5.41, 5.74) is 6.50. The van der Waals surface area contributed by atoms with E-state index in [0.717, 1.165) is 32.7 Å². The molecule has 0 saturated carbocycles. The van der Waals surface area contributed by atoms with Gasteiger partial charge in [-0.2, -0.15) is 0 Å². The molecule has 0 saturated heterocycles. The fourth-order valence-electron chi connectivity index (χ4n) is 7.19. The molecular formula is C50H42N2O7. The van der Waals surface area contributed by atoms with E-state index in [2.05, 4.69) is 20.4 Å². The Kier molecular flexibility index (Phi) is 10.7. The molecule has 0 atom stereocenters. The lowest BCUT2D eigenvalue weighted by molar-refractivity contribution is 0.0923. The van der Waals surface area contributed by atoms with Gasteiger partial charge < -0.3 is 14.4 Å². The summed E-state index contributed by atoms with van der Waals surface area (Å²) >= 11 is 0. The molecule has 6 aromatic rings. The van der Waals surface area contributed by atoms with Crippen LogP contribution in [0.3, 0.4) is 0 Å². The molecule has 0 aliphatic carbocycles. The lowest BCUT2D eigenvalue weighted by atomic mass is 9.78. The van der Waals surface area contributed by atoms with Crippen molar-refractivity contribution in [3.63, 3.8) is 0 Å². The summed E-state index contributed by atoms with van der Waals surface area (Å²) in [6, 6.07) is 37.3. The van der Waals surface area contributed by atoms with Gasteiger partial charge in [0.15, 0.2) is 12.1 Å². The highest BCUT2D eigenvalue weighted by Crippen LogP contribution is 2.36. The number of aldehydes is 1. The number of benzene rings is 6. The van der Waals surface area contributed by atoms with Gasteiger partial charge in [-0.15, -0.1) is 0 Å². The van der Waals surface area contributed by atoms with E-state index in [1.807, 2.05) is 68.4 Å². The summed E-state index contributed by atoms with van der Waals surface area (Å²) in [7, 11) is 1.56. The van der Waals surface area contributed by atoms with Gasteiger partial charge in [0.05, 0.1) is 22.4 Å². The number of anilines is 2. The number of nitrogens with zero attached hydrogens (tertiary/aromatic N) is 2. The predicted octanol–water partition coefficient (Wildman–Crippen LogP) is 11.0. The molecule has 0 aromatic heterocycles. The molecule has 0 bridgehead atoms. The first-order valence-electron chi connectivity index (χ1n) is 19.0. The number of amides is 3. The summed E-state index contributed by atoms with van der Waals surface area (Å²) in [5.74, 6) is 0.858. The number of rotatable bonds is 12. The van der Waals surface area contributed by atoms with Crippen molar-refractivity contribution in [2.75, 3.05) is 16.8 Å². The SMILES string of the molecule is C=C(C)c1cc(Oc2ccc(C(C)(C)c3ccc(Oc4ccc(C(=O)N(C)c5cccc(N6C(=O)c7ccc(C)cc7C6=O)c5)c(C=O)c4)cc3)cc2)ccc1C(C)=O. The smallest absolute Gasteiger partial charge is 0.266 e. The van der Waals surface area contributed by atoms with Gasteiger partial charge in [-0.3, -0.25) is 24.0 Å². The molecule has 0 radical (unpaired) electrons. The number of aryl methyl sites for hydroxylation is 1. The van der Waals surface area contributed by atoms with Crippen LogP contribution >= 0.6 is 0 Å². The van der Waals surface area contributed by atoms with E-state index in [0.29, 0.717) is 57.3 Å². The molecule has 1 aliphatic rings. The molecule has 0 fully saturated rings. The summed E-state index contributed by atoms with van der Waals surface area (Å²) < 4.78 is 12.2. The highest BCUT2D eigenvalue weighted by atomic mass is 16.5. The Balaban J connectivity index is 1.02. The maximum atomic E-state index is 13.7. The predicted molar refractivity (Wildman–Crippen MR) is 230 cm³/mol. The molecule has 1 aliphatic heterocycles. The highest BCUT2D eigenvalue weighted by molar-refractivity contribution is 6.34. The van der Waals surface area contributed by atoms with E-state index >= 15 is 0 Å². The van der Waals surface area contributed by atoms with Crippen molar-refractivity contribution < 1.29 is 33.4 Å². The van der Waals surface area contributed by atoms with Gasteiger partial charge in [-0.05, 0) is 128 Å². The van der Waals surface area contributed by atoms with Gasteiger partial charge in [0, 0.05) is 29.3 Å². The van der Waals surface area contributed by atoms with Crippen LogP contribution in [-0.2, 0) is 5.41 Å². The van der Waals surface area contributed by atoms with Crippen LogP contribution in [0.2, 0.25) is 0 Å². The molecule has 3 amide bonds. The molecule has 7 rings (SSSR count). The number of carbonyl (C=O) groups is 5. The third-order valence-corrected chi connectivity index (χ3v) is 10.7. The average Bonchev–Trinajstić information content (AvgIpc) is 3.48. The monoisotopic (exact) mass is 782 g/mol. The van der Waals surface area contributed by atoms with E-state index < -0.39 is 17.7 Å². The first-order valence-corrected chi connectivity index (χ1v) is 19.0. The van der Waals surface area contributed by atoms with Gasteiger partial charge in [-0.25, -0.2) is 4.90 Å². The zero-order valence-electron chi connectivity index (χ0n) is 33.7. The summed E-state index contributed by atoms with van der Waals surface area (Å²) in [5, 5.41) is 0. The van der Waals surface area contributed by atoms with Crippen LogP contribution in [0, 0.1) is 6.92 Å². The maximum absolute atomic E-state index is 13.7. The van der Waals surface area contributed by atoms with Gasteiger partial charge >= 0.3 is 0 Å². The largest absolute Gasteiger partial charge is 0.457 e. The van der Waals surface area contributed by atoms with Crippen molar-refractivity contribution >= 4 is 46.7 Å². The second-order valence-corrected chi connectivity index (χ2v) is 15.2. The van der Waals surface area contributed by atoms with Crippen molar-refractivity contribution in [2.45, 2.75) is 40.0 Å². The highest BCUT2D eigenvalue weighted by Gasteiger charge is 2.37. The normalized spacial score (nSPS) is 12.2. The molecule has 0 spiro atoms. The molecular weight excluding hydrogens is 741 g/mol. The number of imide groups is 1. The molecule has 0 N–H and O–H groups in total. The molecule has 9 nitrogen and oxygen atoms in total. The van der Waals surface area contributed by atoms with E-state index in [-0.39, 0.29) is 22.3 Å². The Morgan fingerprint density at radius 2 is 1.22 bits per heavy atom. The molecule has 59 heavy (non-hydrogen) atoms. The number of Topliss-reactive ketones (excluding diaryl/α,β-unsaturated/α-hetero) is 1. The third kappa shape index (κ3) is 7.83. The van der Waals surface area contributed by atoms with Crippen LogP contribution in [0.15, 0.2) is 134 Å². The fraction of sp³-hybridized carbons (Fsp3) is 0.140. The minimum absolute atomic E-state index is 0.0267. The zero-order valence-corrected chi connectivity index (χ0v) is 33.7. The molecule has 294 valence electrons. The average molecular weight is 783 g/mol. The number of fused-ring (bicyclic) bond motifs is 1. The van der Waals surface area contributed by atoms with Crippen LogP contribution in [0.5, 0.6) is 23.0 Å². The second-order valence-electron chi connectivity index (χ2n) is 15.2. The minimum Gasteiger partial charge on any atom is -0.457 e. The Hall–Kier alpha value is -7.39. The lowest BCUT2D eigenvalue weighted by Gasteiger charge is -2.26. The van der Waals surface area contributed by atoms with Crippen LogP contribution in [0.1, 0.15) is 102 Å². The Morgan fingerprint density at radius 1 is 0.661 bits per heavy atom. The first kappa shape index (κ1) is 39.8. The molecule has 6 aromatic carbocycles. The molecule has 9 heteroatoms. The number of hydrogen-bond donors (Lipinski definition) is 0. The quantitative estimate of drug-likeness (QED) is 0.0690. The van der Waals surface area contributed by atoms with Gasteiger partial charge in [0.1, 0.15) is 23.0 Å². The van der Waals surface area contributed by atoms with E-state index in [4.69, 9.17) is 9.47 Å². The number of carbonyl (C=O) groups excluding carboxylic acids is 5. The van der Waals surface area contributed by atoms with E-state index in [1.54, 1.807) is 73.8 Å². The number of ether oxygens (including phenoxy) is 2. The summed E-state index contributed by atoms with van der Waals surface area (Å²) in [6.45, 7) is 13.5. The topological polar surface area (TPSA) is 110 Å². The lowest BCUT2D eigenvalue weighted by Crippen LogP contribution is -2.30. The summed E-state index contributed by atoms with van der Waals surface area (Å²) in [4.78, 5) is 66.9. The number of ketones is 1. The van der Waals surface area contributed by atoms with Crippen LogP contribution in [-0.4, -0.2) is 36.8 Å². The Morgan fingerprint density at radius 3 is 1.80 bits per heavy atom. The maximum Gasteiger partial charge on any atom is 0.266 e. The third-order valence-electron chi connectivity index (χ3n) is 10.7. The van der Waals surface area contributed by atoms with Crippen molar-refractivity contribution in [2.24, 2.45) is 0 Å². The van der Waals surface area contributed by atoms with Crippen molar-refractivity contribution in [1.82, 2.24) is 0 Å². The second kappa shape index (κ2) is 15.9. The van der Waals surface area contributed by atoms with Crippen molar-refractivity contribution in [3.8, 4) is 23.0 Å². The standard InChI is InChI=1S/C50H42N2O7/c1-30(2)45-28-41(20-23-42(45)32(4)54)59-39-18-14-35(15-19-39)50(5,6)34-12-16-38(17-13-34)58-40-21-24-43(33(26-40)29-53)47(55)51(7)36-9-8-10-37(27-36)52-48(56)44-22-11-31(3)25-46(44)49(52)57/h8-29H,1H2,2-7H3. The molecule has 1 heterocycles. The van der Waals surface area contributed by atoms with Crippen LogP contribution in [0.4, 0.5) is 11.4 Å². The van der Waals surface area contributed by atoms with Crippen LogP contribution < -0.4 is 19.3 Å². The molecule has 0 unspecified atom stereocenters. The Bertz CT molecular complexity index is 2690. The van der Waals surface area contributed by atoms with E-state index in [1.165, 1.54) is 17.9 Å². The van der Waals surface area contributed by atoms with Gasteiger partial charge in [-0.1, -0.05) is 68.0 Å². The zero-order chi connectivity index (χ0) is 42.2. The van der Waals surface area contributed by atoms with Gasteiger partial charge in [0.25, 0.3) is 17.7 Å². The van der Waals surface area contributed by atoms with Crippen molar-refractivity contribution in [3.05, 3.63) is 184 Å². The van der Waals surface area contributed by atoms with E-state index in [9.17, 15) is 24.0 Å². The van der Waals surface area contributed by atoms with Crippen LogP contribution in [0.25, 0.3) is 5.57 Å². The first-order chi connectivity index (χ1) is 28.2. The number of allylic oxidation sites excluding steroid dienone is 1. The minimum atomic E-state index is -0.458. The summed E-state index contributed by atoms with van der Waals surface area (Å²) in [6.07, 6.45) is 0.608. The van der Waals surface area contributed by atoms with Crippen molar-refractivity contribution in [1.29, 1.82) is 0 Å². The Labute approximate surface area is 343 Å². The fourth-order valence-corrected chi connectivity index (χ4v) is 7.19. The number of hydrogen-bond acceptors (Lipinski definition) is 7. The van der Waals surface area contributed by atoms with Gasteiger partial charge in [0.2, 0.25) is 0 Å².